The molecule has 6 nitrogen and oxygen atoms in total. The van der Waals surface area contributed by atoms with Gasteiger partial charge in [0.25, 0.3) is 5.91 Å². The predicted octanol–water partition coefficient (Wildman–Crippen LogP) is 2.96. The molecule has 27 heavy (non-hydrogen) atoms. The Kier molecular flexibility index (Phi) is 6.26. The van der Waals surface area contributed by atoms with Crippen molar-refractivity contribution in [2.75, 3.05) is 18.5 Å². The molecule has 0 bridgehead atoms. The minimum absolute atomic E-state index is 0.0666. The van der Waals surface area contributed by atoms with Crippen molar-refractivity contribution in [2.45, 2.75) is 37.2 Å². The van der Waals surface area contributed by atoms with E-state index in [9.17, 15) is 13.2 Å². The van der Waals surface area contributed by atoms with Gasteiger partial charge in [0.05, 0.1) is 11.0 Å². The first-order valence-electron chi connectivity index (χ1n) is 9.10. The van der Waals surface area contributed by atoms with Gasteiger partial charge in [-0.05, 0) is 49.1 Å². The van der Waals surface area contributed by atoms with Crippen molar-refractivity contribution in [3.8, 4) is 0 Å². The summed E-state index contributed by atoms with van der Waals surface area (Å²) >= 11 is 0. The van der Waals surface area contributed by atoms with Crippen molar-refractivity contribution in [2.24, 2.45) is 0 Å². The zero-order chi connectivity index (χ0) is 19.3. The summed E-state index contributed by atoms with van der Waals surface area (Å²) in [5.41, 5.74) is 2.04. The molecule has 2 aromatic carbocycles. The monoisotopic (exact) mass is 388 g/mol. The quantitative estimate of drug-likeness (QED) is 0.764. The van der Waals surface area contributed by atoms with Crippen molar-refractivity contribution >= 4 is 21.6 Å². The van der Waals surface area contributed by atoms with E-state index >= 15 is 0 Å². The topological polar surface area (TPSA) is 84.5 Å². The lowest BCUT2D eigenvalue weighted by Gasteiger charge is -2.13. The fourth-order valence-electron chi connectivity index (χ4n) is 3.04. The van der Waals surface area contributed by atoms with Crippen LogP contribution in [-0.2, 0) is 21.2 Å². The Bertz CT molecular complexity index is 906. The largest absolute Gasteiger partial charge is 0.377 e. The third-order valence-corrected chi connectivity index (χ3v) is 6.00. The van der Waals surface area contributed by atoms with Gasteiger partial charge in [0.2, 0.25) is 10.0 Å². The molecule has 7 heteroatoms. The van der Waals surface area contributed by atoms with E-state index in [1.54, 1.807) is 12.1 Å². The molecule has 2 N–H and O–H groups in total. The smallest absolute Gasteiger partial charge is 0.255 e. The van der Waals surface area contributed by atoms with E-state index in [4.69, 9.17) is 4.74 Å². The minimum atomic E-state index is -3.70. The predicted molar refractivity (Wildman–Crippen MR) is 104 cm³/mol. The molecule has 1 aliphatic rings. The molecule has 0 aromatic heterocycles. The average molecular weight is 388 g/mol. The van der Waals surface area contributed by atoms with Gasteiger partial charge in [-0.2, -0.15) is 0 Å². The van der Waals surface area contributed by atoms with Crippen molar-refractivity contribution in [3.05, 3.63) is 59.7 Å². The number of sulfonamides is 1. The van der Waals surface area contributed by atoms with Crippen LogP contribution in [0.1, 0.15) is 35.7 Å². The number of benzene rings is 2. The fraction of sp³-hybridized carbons (Fsp3) is 0.350. The highest BCUT2D eigenvalue weighted by atomic mass is 32.2. The molecule has 1 heterocycles. The van der Waals surface area contributed by atoms with Crippen LogP contribution in [-0.4, -0.2) is 33.6 Å². The molecule has 1 fully saturated rings. The summed E-state index contributed by atoms with van der Waals surface area (Å²) in [4.78, 5) is 12.6. The molecular weight excluding hydrogens is 364 g/mol. The van der Waals surface area contributed by atoms with Crippen LogP contribution in [0, 0.1) is 0 Å². The number of hydrogen-bond acceptors (Lipinski definition) is 4. The molecule has 0 radical (unpaired) electrons. The lowest BCUT2D eigenvalue weighted by Crippen LogP contribution is -2.32. The molecule has 0 spiro atoms. The highest BCUT2D eigenvalue weighted by Gasteiger charge is 2.21. The maximum Gasteiger partial charge on any atom is 0.255 e. The van der Waals surface area contributed by atoms with Crippen molar-refractivity contribution in [3.63, 3.8) is 0 Å². The molecule has 1 unspecified atom stereocenters. The Morgan fingerprint density at radius 1 is 1.19 bits per heavy atom. The first-order valence-corrected chi connectivity index (χ1v) is 10.6. The normalized spacial score (nSPS) is 17.0. The van der Waals surface area contributed by atoms with Gasteiger partial charge in [0, 0.05) is 24.4 Å². The zero-order valence-electron chi connectivity index (χ0n) is 15.3. The van der Waals surface area contributed by atoms with Gasteiger partial charge in [-0.3, -0.25) is 4.79 Å². The Labute approximate surface area is 160 Å². The van der Waals surface area contributed by atoms with Crippen LogP contribution < -0.4 is 10.0 Å². The number of hydrogen-bond donors (Lipinski definition) is 2. The maximum atomic E-state index is 12.6. The average Bonchev–Trinajstić information content (AvgIpc) is 3.21. The number of carbonyl (C=O) groups is 1. The highest BCUT2D eigenvalue weighted by molar-refractivity contribution is 7.89. The lowest BCUT2D eigenvalue weighted by atomic mass is 10.1. The Balaban J connectivity index is 1.73. The van der Waals surface area contributed by atoms with Gasteiger partial charge in [-0.15, -0.1) is 0 Å². The first kappa shape index (κ1) is 19.5. The number of para-hydroxylation sites is 1. The van der Waals surface area contributed by atoms with Crippen LogP contribution in [0.25, 0.3) is 0 Å². The van der Waals surface area contributed by atoms with Gasteiger partial charge >= 0.3 is 0 Å². The van der Waals surface area contributed by atoms with Crippen molar-refractivity contribution in [1.82, 2.24) is 4.72 Å². The van der Waals surface area contributed by atoms with Crippen LogP contribution in [0.3, 0.4) is 0 Å². The van der Waals surface area contributed by atoms with E-state index in [2.05, 4.69) is 10.0 Å². The van der Waals surface area contributed by atoms with Crippen molar-refractivity contribution in [1.29, 1.82) is 0 Å². The molecule has 1 aliphatic heterocycles. The molecule has 1 saturated heterocycles. The summed E-state index contributed by atoms with van der Waals surface area (Å²) in [5, 5.41) is 2.86. The van der Waals surface area contributed by atoms with Crippen LogP contribution >= 0.6 is 0 Å². The fourth-order valence-corrected chi connectivity index (χ4v) is 4.15. The summed E-state index contributed by atoms with van der Waals surface area (Å²) in [7, 11) is -3.70. The van der Waals surface area contributed by atoms with E-state index in [-0.39, 0.29) is 23.5 Å². The SMILES string of the molecule is CCc1ccccc1NC(=O)c1cccc(S(=O)(=O)NCC2CCCO2)c1. The van der Waals surface area contributed by atoms with E-state index in [1.165, 1.54) is 12.1 Å². The summed E-state index contributed by atoms with van der Waals surface area (Å²) in [5.74, 6) is -0.341. The summed E-state index contributed by atoms with van der Waals surface area (Å²) < 4.78 is 33.1. The molecule has 0 saturated carbocycles. The van der Waals surface area contributed by atoms with Crippen LogP contribution in [0.4, 0.5) is 5.69 Å². The van der Waals surface area contributed by atoms with E-state index < -0.39 is 10.0 Å². The van der Waals surface area contributed by atoms with Gasteiger partial charge in [-0.1, -0.05) is 31.2 Å². The second-order valence-electron chi connectivity index (χ2n) is 6.48. The second-order valence-corrected chi connectivity index (χ2v) is 8.25. The third kappa shape index (κ3) is 4.94. The number of rotatable bonds is 7. The number of anilines is 1. The first-order chi connectivity index (χ1) is 13.0. The molecule has 144 valence electrons. The summed E-state index contributed by atoms with van der Waals surface area (Å²) in [6, 6.07) is 13.6. The van der Waals surface area contributed by atoms with E-state index in [0.717, 1.165) is 30.5 Å². The number of ether oxygens (including phenoxy) is 1. The Hall–Kier alpha value is -2.22. The summed E-state index contributed by atoms with van der Waals surface area (Å²) in [6.07, 6.45) is 2.50. The lowest BCUT2D eigenvalue weighted by molar-refractivity contribution is 0.102. The summed E-state index contributed by atoms with van der Waals surface area (Å²) in [6.45, 7) is 2.92. The van der Waals surface area contributed by atoms with Gasteiger partial charge in [0.1, 0.15) is 0 Å². The zero-order valence-corrected chi connectivity index (χ0v) is 16.1. The molecule has 2 aromatic rings. The van der Waals surface area contributed by atoms with Gasteiger partial charge in [0.15, 0.2) is 0 Å². The number of aryl methyl sites for hydroxylation is 1. The van der Waals surface area contributed by atoms with Gasteiger partial charge in [-0.25, -0.2) is 13.1 Å². The standard InChI is InChI=1S/C20H24N2O4S/c1-2-15-7-3-4-11-19(15)22-20(23)16-8-5-10-18(13-16)27(24,25)21-14-17-9-6-12-26-17/h3-5,7-8,10-11,13,17,21H,2,6,9,12,14H2,1H3,(H,22,23). The second kappa shape index (κ2) is 8.65. The molecule has 0 aliphatic carbocycles. The van der Waals surface area contributed by atoms with E-state index in [1.807, 2.05) is 31.2 Å². The van der Waals surface area contributed by atoms with Crippen LogP contribution in [0.5, 0.6) is 0 Å². The van der Waals surface area contributed by atoms with Crippen LogP contribution in [0.15, 0.2) is 53.4 Å². The number of amides is 1. The highest BCUT2D eigenvalue weighted by Crippen LogP contribution is 2.18. The Morgan fingerprint density at radius 2 is 2.00 bits per heavy atom. The Morgan fingerprint density at radius 3 is 2.74 bits per heavy atom. The van der Waals surface area contributed by atoms with Crippen molar-refractivity contribution < 1.29 is 17.9 Å². The molecular formula is C20H24N2O4S. The van der Waals surface area contributed by atoms with Gasteiger partial charge < -0.3 is 10.1 Å². The maximum absolute atomic E-state index is 12.6. The number of carbonyl (C=O) groups excluding carboxylic acids is 1. The molecule has 1 atom stereocenters. The third-order valence-electron chi connectivity index (χ3n) is 4.58. The molecule has 3 rings (SSSR count). The van der Waals surface area contributed by atoms with E-state index in [0.29, 0.717) is 12.2 Å². The van der Waals surface area contributed by atoms with Crippen LogP contribution in [0.2, 0.25) is 0 Å². The minimum Gasteiger partial charge on any atom is -0.377 e. The number of nitrogens with one attached hydrogen (secondary N) is 2. The molecule has 1 amide bonds.